The van der Waals surface area contributed by atoms with E-state index >= 15 is 0 Å². The lowest BCUT2D eigenvalue weighted by Gasteiger charge is -2.53. The Bertz CT molecular complexity index is 2630. The van der Waals surface area contributed by atoms with Crippen LogP contribution in [0.3, 0.4) is 0 Å². The van der Waals surface area contributed by atoms with Gasteiger partial charge in [-0.3, -0.25) is 14.4 Å². The van der Waals surface area contributed by atoms with Crippen molar-refractivity contribution in [3.63, 3.8) is 0 Å². The number of hydrogen-bond acceptors (Lipinski definition) is 5. The van der Waals surface area contributed by atoms with E-state index in [1.165, 1.54) is 214 Å². The monoisotopic (exact) mass is 1220 g/mol. The molecular weight excluding hydrogens is 1100 g/mol. The summed E-state index contributed by atoms with van der Waals surface area (Å²) in [7, 11) is 3.61. The molecular formula is C79H122Cl2O5. The number of unbranched alkanes of at least 4 members (excludes halogenated alkanes) is 2. The first kappa shape index (κ1) is 71.9. The van der Waals surface area contributed by atoms with Crippen molar-refractivity contribution in [1.29, 1.82) is 0 Å². The minimum atomic E-state index is 0. The van der Waals surface area contributed by atoms with Gasteiger partial charge in [0.1, 0.15) is 0 Å². The van der Waals surface area contributed by atoms with Crippen molar-refractivity contribution in [2.24, 2.45) is 63.6 Å². The molecule has 7 heteroatoms. The molecule has 0 N–H and O–H groups in total. The Morgan fingerprint density at radius 1 is 0.477 bits per heavy atom. The molecule has 86 heavy (non-hydrogen) atoms. The molecule has 0 bridgehead atoms. The third-order valence-corrected chi connectivity index (χ3v) is 24.9. The topological polar surface area (TPSA) is 69.7 Å². The summed E-state index contributed by atoms with van der Waals surface area (Å²) >= 11 is 0. The molecule has 0 aromatic rings. The lowest BCUT2D eigenvalue weighted by molar-refractivity contribution is -0.116. The number of ketones is 3. The van der Waals surface area contributed by atoms with Gasteiger partial charge in [0.25, 0.3) is 0 Å². The molecule has 0 radical (unpaired) electrons. The van der Waals surface area contributed by atoms with Gasteiger partial charge in [0.15, 0.2) is 17.3 Å². The van der Waals surface area contributed by atoms with Crippen LogP contribution < -0.4 is 0 Å². The highest BCUT2D eigenvalue weighted by atomic mass is 35.5. The summed E-state index contributed by atoms with van der Waals surface area (Å²) in [6.45, 7) is 12.1. The van der Waals surface area contributed by atoms with E-state index in [9.17, 15) is 14.4 Å². The minimum Gasteiger partial charge on any atom is -0.501 e. The van der Waals surface area contributed by atoms with E-state index in [1.54, 1.807) is 29.4 Å². The number of methoxy groups -OCH3 is 2. The zero-order valence-corrected chi connectivity index (χ0v) is 55.5. The van der Waals surface area contributed by atoms with E-state index < -0.39 is 0 Å². The zero-order valence-electron chi connectivity index (χ0n) is 53.9. The molecule has 14 aliphatic carbocycles. The predicted molar refractivity (Wildman–Crippen MR) is 367 cm³/mol. The largest absolute Gasteiger partial charge is 0.501 e. The van der Waals surface area contributed by atoms with Crippen molar-refractivity contribution >= 4 is 42.2 Å². The van der Waals surface area contributed by atoms with Crippen LogP contribution in [0.4, 0.5) is 0 Å². The molecule has 0 spiro atoms. The fourth-order valence-corrected chi connectivity index (χ4v) is 20.1. The van der Waals surface area contributed by atoms with Crippen molar-refractivity contribution < 1.29 is 23.9 Å². The van der Waals surface area contributed by atoms with Crippen LogP contribution in [0.25, 0.3) is 0 Å². The summed E-state index contributed by atoms with van der Waals surface area (Å²) < 4.78 is 10.8. The number of fused-ring (bicyclic) bond motifs is 11. The van der Waals surface area contributed by atoms with Gasteiger partial charge in [-0.2, -0.15) is 0 Å². The number of halogens is 2. The first-order valence-electron chi connectivity index (χ1n) is 34.7. The van der Waals surface area contributed by atoms with Crippen molar-refractivity contribution in [2.45, 2.75) is 293 Å². The smallest absolute Gasteiger partial charge is 0.155 e. The van der Waals surface area contributed by atoms with Crippen LogP contribution in [0.15, 0.2) is 104 Å². The number of ether oxygens (including phenoxy) is 2. The van der Waals surface area contributed by atoms with E-state index in [4.69, 9.17) is 9.47 Å². The Labute approximate surface area is 538 Å². The Morgan fingerprint density at radius 3 is 1.74 bits per heavy atom. The highest BCUT2D eigenvalue weighted by Gasteiger charge is 2.55. The van der Waals surface area contributed by atoms with E-state index in [2.05, 4.69) is 58.9 Å². The summed E-state index contributed by atoms with van der Waals surface area (Å²) in [5.41, 5.74) is 16.4. The van der Waals surface area contributed by atoms with Gasteiger partial charge in [-0.25, -0.2) is 0 Å². The van der Waals surface area contributed by atoms with Gasteiger partial charge in [-0.05, 0) is 280 Å². The molecule has 0 heterocycles. The van der Waals surface area contributed by atoms with Gasteiger partial charge in [-0.1, -0.05) is 137 Å². The van der Waals surface area contributed by atoms with Crippen LogP contribution in [0.2, 0.25) is 0 Å². The molecule has 7 saturated carbocycles. The van der Waals surface area contributed by atoms with E-state index in [-0.39, 0.29) is 39.7 Å². The lowest BCUT2D eigenvalue weighted by Crippen LogP contribution is -2.45. The predicted octanol–water partition coefficient (Wildman–Crippen LogP) is 23.0. The maximum Gasteiger partial charge on any atom is 0.155 e. The molecule has 0 amide bonds. The number of allylic oxidation sites excluding steroid dienone is 15. The summed E-state index contributed by atoms with van der Waals surface area (Å²) in [4.78, 5) is 34.0. The molecule has 0 aromatic heterocycles. The van der Waals surface area contributed by atoms with Crippen LogP contribution in [0.1, 0.15) is 293 Å². The first-order chi connectivity index (χ1) is 39.8. The van der Waals surface area contributed by atoms with Gasteiger partial charge in [0.05, 0.1) is 25.7 Å². The summed E-state index contributed by atoms with van der Waals surface area (Å²) in [5, 5.41) is 0. The molecule has 7 fully saturated rings. The van der Waals surface area contributed by atoms with Crippen LogP contribution in [0, 0.1) is 63.6 Å². The maximum atomic E-state index is 11.8. The Balaban J connectivity index is 0.000000177. The molecule has 14 rings (SSSR count). The second-order valence-electron chi connectivity index (χ2n) is 29.4. The standard InChI is InChI=1S/C23H34O.C22H32O.2C11H16O.C10H14O.2CH4.2ClH/c1-4-5-6-17-8-12-22-21-10-7-16-15-18(24-3)9-11-19(16)20(21)13-14-23(17,22)2;1-3-4-5-16-7-11-21-20-9-6-15-14-17(23)8-10-18(15)19(20)12-13-22(16,21)2;1-11-6-3-2-4-9(11)8-10(12)5-7-11;1-12-11-7-6-9-4-2-3-5-10(9)8-11;11-10-6-5-8-3-1-2-4-9(8)7-10;;;;/h6,9,20-22H,4-5,7-8,10-15H2,1-3H3;5,14,18-21H,3-4,6-13H2,1-2H3;8H,2-7H2,1H3;7H,2-6,8H2,1H3;7-8H,1-6H2;2*1H4;2*1H/b17-6-;16-5-;;;;;;;/t20?,21?,22?,23-;18-,19?,20?,21?,22+;11-;;;;;;/m100....../s1. The third-order valence-electron chi connectivity index (χ3n) is 24.9. The summed E-state index contributed by atoms with van der Waals surface area (Å²) in [6, 6.07) is 0. The van der Waals surface area contributed by atoms with E-state index in [1.807, 2.05) is 36.5 Å². The molecule has 0 aliphatic heterocycles. The Kier molecular flexibility index (Phi) is 27.4. The molecule has 11 atom stereocenters. The fraction of sp³-hybridized carbons (Fsp3) is 0.734. The Hall–Kier alpha value is -3.15. The number of hydrogen-bond donors (Lipinski definition) is 0. The summed E-state index contributed by atoms with van der Waals surface area (Å²) in [6.07, 6.45) is 63.4. The van der Waals surface area contributed by atoms with Gasteiger partial charge in [0.2, 0.25) is 0 Å². The van der Waals surface area contributed by atoms with Crippen LogP contribution >= 0.6 is 24.8 Å². The number of carbonyl (C=O) groups excluding carboxylic acids is 3. The lowest BCUT2D eigenvalue weighted by atomic mass is 9.52. The summed E-state index contributed by atoms with van der Waals surface area (Å²) in [5.74, 6) is 10.5. The average molecular weight is 1220 g/mol. The van der Waals surface area contributed by atoms with Crippen molar-refractivity contribution in [1.82, 2.24) is 0 Å². The quantitative estimate of drug-likeness (QED) is 0.248. The van der Waals surface area contributed by atoms with Crippen LogP contribution in [0.5, 0.6) is 0 Å². The van der Waals surface area contributed by atoms with Gasteiger partial charge in [-0.15, -0.1) is 24.8 Å². The second-order valence-corrected chi connectivity index (χ2v) is 29.4. The third kappa shape index (κ3) is 16.1. The first-order valence-corrected chi connectivity index (χ1v) is 34.7. The molecule has 0 saturated heterocycles. The average Bonchev–Trinajstić information content (AvgIpc) is 1.49. The molecule has 0 aromatic carbocycles. The maximum absolute atomic E-state index is 11.8. The van der Waals surface area contributed by atoms with Crippen molar-refractivity contribution in [3.8, 4) is 0 Å². The van der Waals surface area contributed by atoms with E-state index in [0.29, 0.717) is 33.6 Å². The molecule has 482 valence electrons. The highest BCUT2D eigenvalue weighted by Crippen LogP contribution is 2.65. The van der Waals surface area contributed by atoms with E-state index in [0.717, 1.165) is 105 Å². The second kappa shape index (κ2) is 32.7. The minimum absolute atomic E-state index is 0. The van der Waals surface area contributed by atoms with Crippen LogP contribution in [-0.2, 0) is 23.9 Å². The molecule has 14 aliphatic rings. The normalized spacial score (nSPS) is 35.3. The fourth-order valence-electron chi connectivity index (χ4n) is 20.1. The molecule has 5 nitrogen and oxygen atoms in total. The number of rotatable bonds is 6. The highest BCUT2D eigenvalue weighted by molar-refractivity contribution is 5.92. The Morgan fingerprint density at radius 2 is 1.06 bits per heavy atom. The van der Waals surface area contributed by atoms with Crippen molar-refractivity contribution in [3.05, 3.63) is 104 Å². The van der Waals surface area contributed by atoms with Crippen molar-refractivity contribution in [2.75, 3.05) is 14.2 Å². The van der Waals surface area contributed by atoms with Gasteiger partial charge < -0.3 is 9.47 Å². The van der Waals surface area contributed by atoms with Gasteiger partial charge >= 0.3 is 0 Å². The number of carbonyl (C=O) groups is 3. The van der Waals surface area contributed by atoms with Gasteiger partial charge in [0, 0.05) is 32.1 Å². The van der Waals surface area contributed by atoms with Crippen LogP contribution in [-0.4, -0.2) is 31.6 Å². The zero-order chi connectivity index (χ0) is 57.4. The molecule has 7 unspecified atom stereocenters. The SMILES string of the molecule is C.C.CCC/C=C1/CCC2C3CCC4=C(CC=C(OC)C4)C3CC[C@]12C.CCC/C=C1/CCC2C3CCC4=CC(=O)CC[C@@H]4C3CC[C@]12C.COC1=CCC2=C(CCCC2)C1.C[C@@]12CCCCC1=CC(=O)CC2.Cl.Cl.O=C1C=C2CCCCC2CC1.